The van der Waals surface area contributed by atoms with Crippen LogP contribution in [-0.2, 0) is 5.41 Å². The summed E-state index contributed by atoms with van der Waals surface area (Å²) in [5, 5.41) is 0. The topological polar surface area (TPSA) is 18.5 Å². The molecule has 0 N–H and O–H groups in total. The highest BCUT2D eigenvalue weighted by atomic mass is 79.9. The highest BCUT2D eigenvalue weighted by Gasteiger charge is 2.32. The van der Waals surface area contributed by atoms with E-state index < -0.39 is 0 Å². The molecule has 0 spiro atoms. The molecule has 0 aliphatic heterocycles. The molecular formula is C28H28Br2O2. The molecular weight excluding hydrogens is 528 g/mol. The van der Waals surface area contributed by atoms with Gasteiger partial charge in [0.1, 0.15) is 11.5 Å². The predicted molar refractivity (Wildman–Crippen MR) is 141 cm³/mol. The fraction of sp³-hybridized carbons (Fsp3) is 0.214. The first-order valence-corrected chi connectivity index (χ1v) is 12.2. The Labute approximate surface area is 208 Å². The zero-order valence-corrected chi connectivity index (χ0v) is 21.5. The first-order valence-electron chi connectivity index (χ1n) is 10.6. The van der Waals surface area contributed by atoms with E-state index in [4.69, 9.17) is 9.47 Å². The minimum Gasteiger partial charge on any atom is -0.492 e. The highest BCUT2D eigenvalue weighted by Crippen LogP contribution is 2.43. The normalized spacial score (nSPS) is 11.1. The molecule has 0 heterocycles. The van der Waals surface area contributed by atoms with E-state index in [1.54, 1.807) is 0 Å². The molecule has 0 amide bonds. The molecule has 0 aliphatic rings. The molecule has 0 saturated heterocycles. The lowest BCUT2D eigenvalue weighted by molar-refractivity contribution is 0.322. The Morgan fingerprint density at radius 1 is 0.719 bits per heavy atom. The van der Waals surface area contributed by atoms with Gasteiger partial charge in [-0.15, -0.1) is 13.2 Å². The zero-order chi connectivity index (χ0) is 23.0. The van der Waals surface area contributed by atoms with Crippen LogP contribution in [0.15, 0.2) is 101 Å². The SMILES string of the molecule is C=CCCOc1ccc(C(C)(c2ccccc2)c2ccc(OCCC=C)c(Br)c2)cc1Br. The Balaban J connectivity index is 2.03. The average Bonchev–Trinajstić information content (AvgIpc) is 2.81. The van der Waals surface area contributed by atoms with Gasteiger partial charge in [0.05, 0.1) is 22.2 Å². The van der Waals surface area contributed by atoms with E-state index >= 15 is 0 Å². The van der Waals surface area contributed by atoms with Crippen molar-refractivity contribution in [2.24, 2.45) is 0 Å². The van der Waals surface area contributed by atoms with Gasteiger partial charge in [0.2, 0.25) is 0 Å². The van der Waals surface area contributed by atoms with Gasteiger partial charge in [0, 0.05) is 5.41 Å². The molecule has 0 radical (unpaired) electrons. The molecule has 0 atom stereocenters. The Kier molecular flexibility index (Phi) is 8.77. The van der Waals surface area contributed by atoms with Crippen LogP contribution in [0.4, 0.5) is 0 Å². The van der Waals surface area contributed by atoms with Crippen LogP contribution in [0.25, 0.3) is 0 Å². The van der Waals surface area contributed by atoms with Gasteiger partial charge in [-0.3, -0.25) is 0 Å². The number of benzene rings is 3. The van der Waals surface area contributed by atoms with Crippen molar-refractivity contribution in [1.29, 1.82) is 0 Å². The number of hydrogen-bond donors (Lipinski definition) is 0. The standard InChI is InChI=1S/C28H28Br2O2/c1-4-6-17-31-26-15-13-22(19-24(26)29)28(3,21-11-9-8-10-12-21)23-14-16-27(25(30)20-23)32-18-7-5-2/h4-5,8-16,19-20H,1-2,6-7,17-18H2,3H3. The summed E-state index contributed by atoms with van der Waals surface area (Å²) in [5.74, 6) is 1.66. The molecule has 0 saturated carbocycles. The summed E-state index contributed by atoms with van der Waals surface area (Å²) in [4.78, 5) is 0. The molecule has 166 valence electrons. The third kappa shape index (κ3) is 5.54. The lowest BCUT2D eigenvalue weighted by atomic mass is 9.71. The van der Waals surface area contributed by atoms with E-state index in [0.29, 0.717) is 13.2 Å². The van der Waals surface area contributed by atoms with Crippen molar-refractivity contribution in [3.05, 3.63) is 118 Å². The summed E-state index contributed by atoms with van der Waals surface area (Å²) in [7, 11) is 0. The van der Waals surface area contributed by atoms with Gasteiger partial charge in [0.15, 0.2) is 0 Å². The van der Waals surface area contributed by atoms with Crippen molar-refractivity contribution in [3.63, 3.8) is 0 Å². The summed E-state index contributed by atoms with van der Waals surface area (Å²) in [6.45, 7) is 11.0. The van der Waals surface area contributed by atoms with Crippen molar-refractivity contribution in [2.75, 3.05) is 13.2 Å². The second-order valence-corrected chi connectivity index (χ2v) is 9.34. The molecule has 3 aromatic carbocycles. The van der Waals surface area contributed by atoms with Crippen LogP contribution in [0.1, 0.15) is 36.5 Å². The molecule has 0 aliphatic carbocycles. The van der Waals surface area contributed by atoms with Gasteiger partial charge < -0.3 is 9.47 Å². The largest absolute Gasteiger partial charge is 0.492 e. The van der Waals surface area contributed by atoms with Crippen LogP contribution in [0, 0.1) is 0 Å². The van der Waals surface area contributed by atoms with E-state index in [0.717, 1.165) is 33.3 Å². The molecule has 32 heavy (non-hydrogen) atoms. The monoisotopic (exact) mass is 554 g/mol. The van der Waals surface area contributed by atoms with Crippen LogP contribution in [0.2, 0.25) is 0 Å². The Bertz CT molecular complexity index is 997. The fourth-order valence-corrected chi connectivity index (χ4v) is 4.62. The van der Waals surface area contributed by atoms with Crippen molar-refractivity contribution in [3.8, 4) is 11.5 Å². The molecule has 0 fully saturated rings. The van der Waals surface area contributed by atoms with E-state index in [1.807, 2.05) is 30.4 Å². The Morgan fingerprint density at radius 2 is 1.19 bits per heavy atom. The van der Waals surface area contributed by atoms with E-state index in [1.165, 1.54) is 16.7 Å². The van der Waals surface area contributed by atoms with Crippen molar-refractivity contribution in [2.45, 2.75) is 25.2 Å². The van der Waals surface area contributed by atoms with Crippen LogP contribution in [0.3, 0.4) is 0 Å². The second-order valence-electron chi connectivity index (χ2n) is 7.63. The van der Waals surface area contributed by atoms with Crippen LogP contribution < -0.4 is 9.47 Å². The highest BCUT2D eigenvalue weighted by molar-refractivity contribution is 9.10. The Morgan fingerprint density at radius 3 is 1.59 bits per heavy atom. The van der Waals surface area contributed by atoms with Gasteiger partial charge in [-0.05, 0) is 92.6 Å². The minimum atomic E-state index is -0.369. The maximum atomic E-state index is 5.89. The summed E-state index contributed by atoms with van der Waals surface area (Å²) in [5.41, 5.74) is 3.17. The molecule has 2 nitrogen and oxygen atoms in total. The predicted octanol–water partition coefficient (Wildman–Crippen LogP) is 8.48. The maximum Gasteiger partial charge on any atom is 0.133 e. The first-order chi connectivity index (χ1) is 15.5. The Hall–Kier alpha value is -2.30. The smallest absolute Gasteiger partial charge is 0.133 e. The maximum absolute atomic E-state index is 5.89. The fourth-order valence-electron chi connectivity index (χ4n) is 3.63. The van der Waals surface area contributed by atoms with Crippen LogP contribution in [-0.4, -0.2) is 13.2 Å². The molecule has 0 aromatic heterocycles. The second kappa shape index (κ2) is 11.5. The van der Waals surface area contributed by atoms with Crippen molar-refractivity contribution < 1.29 is 9.47 Å². The molecule has 3 aromatic rings. The summed E-state index contributed by atoms with van der Waals surface area (Å²) in [6.07, 6.45) is 5.34. The molecule has 4 heteroatoms. The summed E-state index contributed by atoms with van der Waals surface area (Å²) >= 11 is 7.42. The van der Waals surface area contributed by atoms with Crippen molar-refractivity contribution in [1.82, 2.24) is 0 Å². The first kappa shape index (κ1) is 24.3. The van der Waals surface area contributed by atoms with Gasteiger partial charge in [-0.1, -0.05) is 54.6 Å². The van der Waals surface area contributed by atoms with Gasteiger partial charge in [-0.25, -0.2) is 0 Å². The summed E-state index contributed by atoms with van der Waals surface area (Å²) < 4.78 is 13.6. The van der Waals surface area contributed by atoms with E-state index in [2.05, 4.69) is 100 Å². The lowest BCUT2D eigenvalue weighted by Gasteiger charge is -2.32. The van der Waals surface area contributed by atoms with Crippen LogP contribution in [0.5, 0.6) is 11.5 Å². The van der Waals surface area contributed by atoms with E-state index in [-0.39, 0.29) is 5.41 Å². The van der Waals surface area contributed by atoms with Gasteiger partial charge in [0.25, 0.3) is 0 Å². The quantitative estimate of drug-likeness (QED) is 0.134. The molecule has 0 bridgehead atoms. The average molecular weight is 556 g/mol. The minimum absolute atomic E-state index is 0.369. The van der Waals surface area contributed by atoms with Gasteiger partial charge in [-0.2, -0.15) is 0 Å². The number of hydrogen-bond acceptors (Lipinski definition) is 2. The van der Waals surface area contributed by atoms with Crippen LogP contribution >= 0.6 is 31.9 Å². The number of rotatable bonds is 11. The number of halogens is 2. The van der Waals surface area contributed by atoms with E-state index in [9.17, 15) is 0 Å². The summed E-state index contributed by atoms with van der Waals surface area (Å²) in [6, 6.07) is 23.2. The molecule has 3 rings (SSSR count). The zero-order valence-electron chi connectivity index (χ0n) is 18.3. The van der Waals surface area contributed by atoms with Crippen molar-refractivity contribution >= 4 is 31.9 Å². The number of ether oxygens (including phenoxy) is 2. The molecule has 0 unspecified atom stereocenters. The third-order valence-electron chi connectivity index (χ3n) is 5.53. The van der Waals surface area contributed by atoms with Gasteiger partial charge >= 0.3 is 0 Å². The third-order valence-corrected chi connectivity index (χ3v) is 6.77. The lowest BCUT2D eigenvalue weighted by Crippen LogP contribution is -2.25.